The predicted octanol–water partition coefficient (Wildman–Crippen LogP) is 2.95. The van der Waals surface area contributed by atoms with Crippen molar-refractivity contribution in [2.45, 2.75) is 18.1 Å². The number of aromatic nitrogens is 1. The number of hydrogen-bond acceptors (Lipinski definition) is 4. The van der Waals surface area contributed by atoms with E-state index in [1.54, 1.807) is 6.07 Å². The minimum atomic E-state index is -4.87. The Morgan fingerprint density at radius 2 is 2.17 bits per heavy atom. The average Bonchev–Trinajstić information content (AvgIpc) is 2.29. The van der Waals surface area contributed by atoms with Gasteiger partial charge in [0.15, 0.2) is 5.75 Å². The smallest absolute Gasteiger partial charge is 0.478 e. The van der Waals surface area contributed by atoms with E-state index in [1.807, 2.05) is 0 Å². The van der Waals surface area contributed by atoms with Crippen LogP contribution in [0.3, 0.4) is 0 Å². The fraction of sp³-hybridized carbons (Fsp3) is 0.400. The van der Waals surface area contributed by atoms with Gasteiger partial charge in [-0.1, -0.05) is 15.9 Å². The van der Waals surface area contributed by atoms with Gasteiger partial charge in [-0.3, -0.25) is 0 Å². The highest BCUT2D eigenvalue weighted by Gasteiger charge is 2.34. The van der Waals surface area contributed by atoms with Crippen LogP contribution in [0.5, 0.6) is 11.6 Å². The minimum absolute atomic E-state index is 0.0797. The van der Waals surface area contributed by atoms with Crippen molar-refractivity contribution >= 4 is 15.9 Å². The van der Waals surface area contributed by atoms with Gasteiger partial charge in [-0.15, -0.1) is 13.2 Å². The van der Waals surface area contributed by atoms with Crippen molar-refractivity contribution in [2.24, 2.45) is 0 Å². The van der Waals surface area contributed by atoms with E-state index in [0.29, 0.717) is 11.0 Å². The molecule has 1 rings (SSSR count). The predicted molar refractivity (Wildman–Crippen MR) is 59.4 cm³/mol. The quantitative estimate of drug-likeness (QED) is 0.799. The number of ether oxygens (including phenoxy) is 2. The molecule has 0 bridgehead atoms. The molecular formula is C10H8BrF3N2O2. The first-order valence-corrected chi connectivity index (χ1v) is 5.79. The van der Waals surface area contributed by atoms with Crippen molar-refractivity contribution in [3.05, 3.63) is 17.3 Å². The molecule has 1 aromatic rings. The molecule has 0 saturated heterocycles. The van der Waals surface area contributed by atoms with Crippen molar-refractivity contribution in [1.82, 2.24) is 4.98 Å². The first-order chi connectivity index (χ1) is 8.41. The summed E-state index contributed by atoms with van der Waals surface area (Å²) in [6.07, 6.45) is -5.10. The van der Waals surface area contributed by atoms with E-state index >= 15 is 0 Å². The van der Waals surface area contributed by atoms with Gasteiger partial charge in [0.2, 0.25) is 0 Å². The average molecular weight is 325 g/mol. The van der Waals surface area contributed by atoms with Crippen LogP contribution in [0, 0.1) is 11.3 Å². The van der Waals surface area contributed by atoms with E-state index in [4.69, 9.17) is 10.00 Å². The van der Waals surface area contributed by atoms with Crippen LogP contribution in [0.1, 0.15) is 11.3 Å². The summed E-state index contributed by atoms with van der Waals surface area (Å²) in [5, 5.41) is 8.94. The molecule has 8 heteroatoms. The van der Waals surface area contributed by atoms with Crippen molar-refractivity contribution in [3.8, 4) is 17.7 Å². The standard InChI is InChI=1S/C10H8BrF3N2O2/c1-17-9-8(18-10(12,13)14)6(2-3-15)4-7(5-11)16-9/h4H,2,5H2,1H3. The zero-order valence-electron chi connectivity index (χ0n) is 9.21. The van der Waals surface area contributed by atoms with Crippen LogP contribution in [0.2, 0.25) is 0 Å². The number of pyridine rings is 1. The van der Waals surface area contributed by atoms with Gasteiger partial charge in [0, 0.05) is 10.9 Å². The Balaban J connectivity index is 3.30. The Labute approximate surface area is 109 Å². The highest BCUT2D eigenvalue weighted by molar-refractivity contribution is 9.08. The summed E-state index contributed by atoms with van der Waals surface area (Å²) in [5.74, 6) is -0.870. The van der Waals surface area contributed by atoms with Gasteiger partial charge in [-0.05, 0) is 6.07 Å². The molecule has 0 aromatic carbocycles. The largest absolute Gasteiger partial charge is 0.573 e. The van der Waals surface area contributed by atoms with Crippen LogP contribution in [-0.2, 0) is 11.8 Å². The summed E-state index contributed by atoms with van der Waals surface area (Å²) in [6, 6.07) is 3.13. The van der Waals surface area contributed by atoms with Crippen LogP contribution in [0.15, 0.2) is 6.07 Å². The van der Waals surface area contributed by atoms with Crippen molar-refractivity contribution in [2.75, 3.05) is 7.11 Å². The summed E-state index contributed by atoms with van der Waals surface area (Å²) in [5.41, 5.74) is 0.530. The molecule has 0 aliphatic heterocycles. The fourth-order valence-electron chi connectivity index (χ4n) is 1.27. The second-order valence-corrected chi connectivity index (χ2v) is 3.69. The lowest BCUT2D eigenvalue weighted by molar-refractivity contribution is -0.275. The van der Waals surface area contributed by atoms with Gasteiger partial charge in [0.05, 0.1) is 25.3 Å². The maximum absolute atomic E-state index is 12.3. The molecule has 0 radical (unpaired) electrons. The topological polar surface area (TPSA) is 55.1 Å². The van der Waals surface area contributed by atoms with Crippen LogP contribution < -0.4 is 9.47 Å². The van der Waals surface area contributed by atoms with E-state index in [0.717, 1.165) is 0 Å². The first kappa shape index (κ1) is 14.6. The normalized spacial score (nSPS) is 10.9. The van der Waals surface area contributed by atoms with Gasteiger partial charge in [0.25, 0.3) is 5.88 Å². The zero-order chi connectivity index (χ0) is 13.8. The number of halogens is 4. The molecule has 18 heavy (non-hydrogen) atoms. The van der Waals surface area contributed by atoms with Gasteiger partial charge in [-0.2, -0.15) is 5.26 Å². The monoisotopic (exact) mass is 324 g/mol. The molecule has 4 nitrogen and oxygen atoms in total. The van der Waals surface area contributed by atoms with Gasteiger partial charge in [0.1, 0.15) is 0 Å². The summed E-state index contributed by atoms with van der Waals surface area (Å²) >= 11 is 3.13. The molecule has 0 unspecified atom stereocenters. The zero-order valence-corrected chi connectivity index (χ0v) is 10.8. The molecule has 1 aromatic heterocycles. The number of nitriles is 1. The second kappa shape index (κ2) is 5.91. The molecular weight excluding hydrogens is 317 g/mol. The Hall–Kier alpha value is -1.49. The van der Waals surface area contributed by atoms with Crippen molar-refractivity contribution in [3.63, 3.8) is 0 Å². The van der Waals surface area contributed by atoms with Gasteiger partial charge in [-0.25, -0.2) is 4.98 Å². The SMILES string of the molecule is COc1nc(CBr)cc(CC#N)c1OC(F)(F)F. The molecule has 0 N–H and O–H groups in total. The van der Waals surface area contributed by atoms with Crippen LogP contribution >= 0.6 is 15.9 Å². The van der Waals surface area contributed by atoms with Crippen LogP contribution in [-0.4, -0.2) is 18.5 Å². The van der Waals surface area contributed by atoms with E-state index in [1.165, 1.54) is 13.2 Å². The third-order valence-corrected chi connectivity index (χ3v) is 2.46. The number of hydrogen-bond donors (Lipinski definition) is 0. The summed E-state index contributed by atoms with van der Waals surface area (Å²) in [4.78, 5) is 3.83. The lowest BCUT2D eigenvalue weighted by atomic mass is 10.1. The Bertz CT molecular complexity index is 471. The third-order valence-electron chi connectivity index (χ3n) is 1.89. The molecule has 0 aliphatic carbocycles. The van der Waals surface area contributed by atoms with Gasteiger partial charge < -0.3 is 9.47 Å². The van der Waals surface area contributed by atoms with E-state index in [-0.39, 0.29) is 17.9 Å². The number of alkyl halides is 4. The second-order valence-electron chi connectivity index (χ2n) is 3.13. The lowest BCUT2D eigenvalue weighted by Crippen LogP contribution is -2.19. The van der Waals surface area contributed by atoms with Crippen LogP contribution in [0.25, 0.3) is 0 Å². The minimum Gasteiger partial charge on any atom is -0.478 e. The summed E-state index contributed by atoms with van der Waals surface area (Å²) in [7, 11) is 1.18. The molecule has 0 aliphatic rings. The van der Waals surface area contributed by atoms with E-state index < -0.39 is 12.1 Å². The number of nitrogens with zero attached hydrogens (tertiary/aromatic N) is 2. The highest BCUT2D eigenvalue weighted by Crippen LogP contribution is 2.35. The van der Waals surface area contributed by atoms with Gasteiger partial charge >= 0.3 is 6.36 Å². The first-order valence-electron chi connectivity index (χ1n) is 4.66. The molecule has 0 spiro atoms. The molecule has 98 valence electrons. The highest BCUT2D eigenvalue weighted by atomic mass is 79.9. The Morgan fingerprint density at radius 3 is 2.61 bits per heavy atom. The van der Waals surface area contributed by atoms with Crippen LogP contribution in [0.4, 0.5) is 13.2 Å². The molecule has 0 saturated carbocycles. The molecule has 0 amide bonds. The Kier molecular flexibility index (Phi) is 4.78. The summed E-state index contributed by atoms with van der Waals surface area (Å²) < 4.78 is 45.4. The van der Waals surface area contributed by atoms with E-state index in [9.17, 15) is 13.2 Å². The summed E-state index contributed by atoms with van der Waals surface area (Å²) in [6.45, 7) is 0. The van der Waals surface area contributed by atoms with Crippen molar-refractivity contribution < 1.29 is 22.6 Å². The van der Waals surface area contributed by atoms with Crippen molar-refractivity contribution in [1.29, 1.82) is 5.26 Å². The molecule has 0 fully saturated rings. The Morgan fingerprint density at radius 1 is 1.50 bits per heavy atom. The number of methoxy groups -OCH3 is 1. The molecule has 1 heterocycles. The van der Waals surface area contributed by atoms with E-state index in [2.05, 4.69) is 25.7 Å². The fourth-order valence-corrected chi connectivity index (χ4v) is 1.55. The number of rotatable bonds is 4. The molecule has 0 atom stereocenters. The lowest BCUT2D eigenvalue weighted by Gasteiger charge is -2.15. The maximum Gasteiger partial charge on any atom is 0.573 e. The maximum atomic E-state index is 12.3. The third kappa shape index (κ3) is 3.77.